The molecule has 18 heavy (non-hydrogen) atoms. The fourth-order valence-electron chi connectivity index (χ4n) is 1.37. The van der Waals surface area contributed by atoms with Crippen molar-refractivity contribution in [1.82, 2.24) is 5.32 Å². The van der Waals surface area contributed by atoms with Crippen LogP contribution in [0.1, 0.15) is 6.92 Å². The minimum atomic E-state index is -0.706. The van der Waals surface area contributed by atoms with Crippen LogP contribution >= 0.6 is 0 Å². The van der Waals surface area contributed by atoms with Crippen molar-refractivity contribution in [1.29, 1.82) is 0 Å². The molecule has 1 rings (SSSR count). The standard InChI is InChI=1S/C13H19NO4/c1-10(18-12-6-4-3-5-7-12)13(16)14-8-11(15)9-17-2/h3-7,10-11,15H,8-9H2,1-2H3,(H,14,16). The summed E-state index contributed by atoms with van der Waals surface area (Å²) in [5, 5.41) is 12.0. The zero-order valence-corrected chi connectivity index (χ0v) is 10.6. The summed E-state index contributed by atoms with van der Waals surface area (Å²) in [5.41, 5.74) is 0. The van der Waals surface area contributed by atoms with Crippen molar-refractivity contribution in [3.05, 3.63) is 30.3 Å². The van der Waals surface area contributed by atoms with Crippen molar-refractivity contribution < 1.29 is 19.4 Å². The van der Waals surface area contributed by atoms with E-state index in [0.717, 1.165) is 0 Å². The highest BCUT2D eigenvalue weighted by Crippen LogP contribution is 2.10. The first-order valence-electron chi connectivity index (χ1n) is 5.80. The van der Waals surface area contributed by atoms with Crippen molar-refractivity contribution in [2.45, 2.75) is 19.1 Å². The third-order valence-corrected chi connectivity index (χ3v) is 2.30. The van der Waals surface area contributed by atoms with Gasteiger partial charge in [0.2, 0.25) is 0 Å². The van der Waals surface area contributed by atoms with Crippen molar-refractivity contribution in [2.24, 2.45) is 0 Å². The molecule has 0 bridgehead atoms. The highest BCUT2D eigenvalue weighted by Gasteiger charge is 2.15. The van der Waals surface area contributed by atoms with Gasteiger partial charge < -0.3 is 19.9 Å². The van der Waals surface area contributed by atoms with E-state index < -0.39 is 12.2 Å². The van der Waals surface area contributed by atoms with Gasteiger partial charge in [0.05, 0.1) is 12.7 Å². The van der Waals surface area contributed by atoms with Crippen LogP contribution in [0.3, 0.4) is 0 Å². The summed E-state index contributed by atoms with van der Waals surface area (Å²) in [5.74, 6) is 0.367. The summed E-state index contributed by atoms with van der Waals surface area (Å²) >= 11 is 0. The molecule has 5 heteroatoms. The molecule has 0 heterocycles. The molecule has 0 aromatic heterocycles. The van der Waals surface area contributed by atoms with Gasteiger partial charge in [-0.05, 0) is 19.1 Å². The number of nitrogens with one attached hydrogen (secondary N) is 1. The second kappa shape index (κ2) is 7.68. The minimum absolute atomic E-state index is 0.148. The van der Waals surface area contributed by atoms with E-state index in [0.29, 0.717) is 5.75 Å². The van der Waals surface area contributed by atoms with Crippen molar-refractivity contribution in [3.63, 3.8) is 0 Å². The largest absolute Gasteiger partial charge is 0.481 e. The van der Waals surface area contributed by atoms with E-state index in [-0.39, 0.29) is 19.1 Å². The molecular formula is C13H19NO4. The summed E-state index contributed by atoms with van der Waals surface area (Å²) in [7, 11) is 1.49. The first-order chi connectivity index (χ1) is 8.63. The zero-order valence-electron chi connectivity index (χ0n) is 10.6. The Kier molecular flexibility index (Phi) is 6.18. The Morgan fingerprint density at radius 1 is 1.39 bits per heavy atom. The van der Waals surface area contributed by atoms with E-state index in [1.54, 1.807) is 19.1 Å². The molecule has 0 aliphatic carbocycles. The fourth-order valence-corrected chi connectivity index (χ4v) is 1.37. The third-order valence-electron chi connectivity index (χ3n) is 2.30. The summed E-state index contributed by atoms with van der Waals surface area (Å²) in [6.45, 7) is 1.99. The lowest BCUT2D eigenvalue weighted by atomic mass is 10.3. The zero-order chi connectivity index (χ0) is 13.4. The molecule has 1 aromatic rings. The Labute approximate surface area is 107 Å². The van der Waals surface area contributed by atoms with Crippen LogP contribution in [0.4, 0.5) is 0 Å². The van der Waals surface area contributed by atoms with Crippen LogP contribution in [-0.2, 0) is 9.53 Å². The number of aliphatic hydroxyl groups excluding tert-OH is 1. The smallest absolute Gasteiger partial charge is 0.260 e. The van der Waals surface area contributed by atoms with Gasteiger partial charge in [0.25, 0.3) is 5.91 Å². The normalized spacial score (nSPS) is 13.7. The van der Waals surface area contributed by atoms with Gasteiger partial charge in [-0.15, -0.1) is 0 Å². The van der Waals surface area contributed by atoms with Gasteiger partial charge in [0.1, 0.15) is 5.75 Å². The van der Waals surface area contributed by atoms with E-state index in [1.165, 1.54) is 7.11 Å². The minimum Gasteiger partial charge on any atom is -0.481 e. The number of hydrogen-bond donors (Lipinski definition) is 2. The van der Waals surface area contributed by atoms with Crippen LogP contribution in [0.2, 0.25) is 0 Å². The first-order valence-corrected chi connectivity index (χ1v) is 5.80. The number of ether oxygens (including phenoxy) is 2. The van der Waals surface area contributed by atoms with Crippen molar-refractivity contribution >= 4 is 5.91 Å². The van der Waals surface area contributed by atoms with E-state index in [1.807, 2.05) is 18.2 Å². The molecule has 1 amide bonds. The number of aliphatic hydroxyl groups is 1. The monoisotopic (exact) mass is 253 g/mol. The van der Waals surface area contributed by atoms with Gasteiger partial charge in [-0.25, -0.2) is 0 Å². The number of benzene rings is 1. The van der Waals surface area contributed by atoms with Crippen molar-refractivity contribution in [2.75, 3.05) is 20.3 Å². The quantitative estimate of drug-likeness (QED) is 0.746. The number of carbonyl (C=O) groups excluding carboxylic acids is 1. The average Bonchev–Trinajstić information content (AvgIpc) is 2.37. The Morgan fingerprint density at radius 2 is 2.06 bits per heavy atom. The molecule has 0 radical (unpaired) electrons. The topological polar surface area (TPSA) is 67.8 Å². The maximum absolute atomic E-state index is 11.7. The fraction of sp³-hybridized carbons (Fsp3) is 0.462. The molecule has 0 spiro atoms. The van der Waals surface area contributed by atoms with Crippen LogP contribution < -0.4 is 10.1 Å². The molecule has 0 fully saturated rings. The Bertz CT molecular complexity index is 355. The molecule has 0 aliphatic rings. The van der Waals surface area contributed by atoms with Crippen LogP contribution in [0, 0.1) is 0 Å². The van der Waals surface area contributed by atoms with Crippen LogP contribution in [-0.4, -0.2) is 43.5 Å². The molecule has 100 valence electrons. The molecule has 1 aromatic carbocycles. The number of para-hydroxylation sites is 1. The molecular weight excluding hydrogens is 234 g/mol. The van der Waals surface area contributed by atoms with Gasteiger partial charge in [0.15, 0.2) is 6.10 Å². The molecule has 2 N–H and O–H groups in total. The van der Waals surface area contributed by atoms with Gasteiger partial charge in [-0.2, -0.15) is 0 Å². The number of carbonyl (C=O) groups is 1. The second-order valence-corrected chi connectivity index (χ2v) is 3.93. The van der Waals surface area contributed by atoms with Crippen LogP contribution in [0.25, 0.3) is 0 Å². The van der Waals surface area contributed by atoms with E-state index in [2.05, 4.69) is 5.32 Å². The van der Waals surface area contributed by atoms with Crippen LogP contribution in [0.5, 0.6) is 5.75 Å². The Morgan fingerprint density at radius 3 is 2.67 bits per heavy atom. The summed E-state index contributed by atoms with van der Waals surface area (Å²) in [4.78, 5) is 11.7. The third kappa shape index (κ3) is 5.16. The predicted molar refractivity (Wildman–Crippen MR) is 67.4 cm³/mol. The number of hydrogen-bond acceptors (Lipinski definition) is 4. The van der Waals surface area contributed by atoms with Crippen LogP contribution in [0.15, 0.2) is 30.3 Å². The van der Waals surface area contributed by atoms with Gasteiger partial charge in [0, 0.05) is 13.7 Å². The molecule has 0 aliphatic heterocycles. The van der Waals surface area contributed by atoms with Gasteiger partial charge in [-0.1, -0.05) is 18.2 Å². The van der Waals surface area contributed by atoms with E-state index >= 15 is 0 Å². The molecule has 5 nitrogen and oxygen atoms in total. The summed E-state index contributed by atoms with van der Waals surface area (Å²) in [6.07, 6.45) is -1.31. The number of amides is 1. The van der Waals surface area contributed by atoms with Crippen molar-refractivity contribution in [3.8, 4) is 5.75 Å². The number of rotatable bonds is 7. The maximum atomic E-state index is 11.7. The predicted octanol–water partition coefficient (Wildman–Crippen LogP) is 0.577. The molecule has 0 saturated heterocycles. The average molecular weight is 253 g/mol. The highest BCUT2D eigenvalue weighted by molar-refractivity contribution is 5.80. The first kappa shape index (κ1) is 14.5. The highest BCUT2D eigenvalue weighted by atomic mass is 16.5. The Hall–Kier alpha value is -1.59. The van der Waals surface area contributed by atoms with Gasteiger partial charge in [-0.3, -0.25) is 4.79 Å². The molecule has 2 atom stereocenters. The van der Waals surface area contributed by atoms with E-state index in [4.69, 9.17) is 9.47 Å². The maximum Gasteiger partial charge on any atom is 0.260 e. The lowest BCUT2D eigenvalue weighted by Crippen LogP contribution is -2.41. The lowest BCUT2D eigenvalue weighted by Gasteiger charge is -2.16. The van der Waals surface area contributed by atoms with E-state index in [9.17, 15) is 9.90 Å². The number of methoxy groups -OCH3 is 1. The summed E-state index contributed by atoms with van der Waals surface area (Å²) < 4.78 is 10.2. The summed E-state index contributed by atoms with van der Waals surface area (Å²) in [6, 6.07) is 9.11. The molecule has 0 saturated carbocycles. The SMILES string of the molecule is COCC(O)CNC(=O)C(C)Oc1ccccc1. The second-order valence-electron chi connectivity index (χ2n) is 3.93. The lowest BCUT2D eigenvalue weighted by molar-refractivity contribution is -0.127. The Balaban J connectivity index is 2.33. The molecule has 2 unspecified atom stereocenters. The van der Waals surface area contributed by atoms with Gasteiger partial charge >= 0.3 is 0 Å².